The SMILES string of the molecule is Cc1cccc([C@@H](OC(N)=O)[C@@H](C)O)c1Cl. The van der Waals surface area contributed by atoms with Crippen LogP contribution in [0.1, 0.15) is 24.2 Å². The molecule has 4 nitrogen and oxygen atoms in total. The molecule has 0 aliphatic carbocycles. The molecule has 0 radical (unpaired) electrons. The van der Waals surface area contributed by atoms with Gasteiger partial charge in [0.25, 0.3) is 0 Å². The van der Waals surface area contributed by atoms with Crippen LogP contribution in [0.3, 0.4) is 0 Å². The molecule has 0 aromatic heterocycles. The number of nitrogens with two attached hydrogens (primary N) is 1. The van der Waals surface area contributed by atoms with Gasteiger partial charge in [-0.25, -0.2) is 4.79 Å². The van der Waals surface area contributed by atoms with E-state index in [4.69, 9.17) is 22.1 Å². The second kappa shape index (κ2) is 5.18. The summed E-state index contributed by atoms with van der Waals surface area (Å²) >= 11 is 6.07. The van der Waals surface area contributed by atoms with E-state index in [-0.39, 0.29) is 0 Å². The molecule has 0 saturated heterocycles. The van der Waals surface area contributed by atoms with Crippen molar-refractivity contribution >= 4 is 17.7 Å². The normalized spacial score (nSPS) is 14.2. The first-order valence-electron chi connectivity index (χ1n) is 4.82. The van der Waals surface area contributed by atoms with Crippen molar-refractivity contribution in [3.63, 3.8) is 0 Å². The average Bonchev–Trinajstić information content (AvgIpc) is 2.18. The van der Waals surface area contributed by atoms with Gasteiger partial charge in [-0.1, -0.05) is 29.8 Å². The highest BCUT2D eigenvalue weighted by atomic mass is 35.5. The largest absolute Gasteiger partial charge is 0.439 e. The molecular formula is C11H14ClNO3. The van der Waals surface area contributed by atoms with Gasteiger partial charge in [0.2, 0.25) is 0 Å². The van der Waals surface area contributed by atoms with E-state index in [0.29, 0.717) is 10.6 Å². The highest BCUT2D eigenvalue weighted by molar-refractivity contribution is 6.32. The summed E-state index contributed by atoms with van der Waals surface area (Å²) in [7, 11) is 0. The number of halogens is 1. The molecule has 0 bridgehead atoms. The van der Waals surface area contributed by atoms with Crippen molar-refractivity contribution in [2.45, 2.75) is 26.1 Å². The number of hydrogen-bond acceptors (Lipinski definition) is 3. The first-order chi connectivity index (χ1) is 7.43. The minimum absolute atomic E-state index is 0.467. The number of rotatable bonds is 3. The zero-order chi connectivity index (χ0) is 12.3. The molecule has 3 N–H and O–H groups in total. The quantitative estimate of drug-likeness (QED) is 0.855. The number of carbonyl (C=O) groups is 1. The molecule has 0 spiro atoms. The third-order valence-corrected chi connectivity index (χ3v) is 2.73. The maximum atomic E-state index is 10.7. The summed E-state index contributed by atoms with van der Waals surface area (Å²) in [5, 5.41) is 10.0. The van der Waals surface area contributed by atoms with Crippen molar-refractivity contribution in [3.8, 4) is 0 Å². The second-order valence-electron chi connectivity index (χ2n) is 3.58. The Bertz CT molecular complexity index is 393. The Labute approximate surface area is 99.0 Å². The Hall–Kier alpha value is -1.26. The molecule has 1 aromatic rings. The van der Waals surface area contributed by atoms with Crippen molar-refractivity contribution in [2.24, 2.45) is 5.73 Å². The van der Waals surface area contributed by atoms with Gasteiger partial charge in [0.15, 0.2) is 6.10 Å². The van der Waals surface area contributed by atoms with E-state index >= 15 is 0 Å². The van der Waals surface area contributed by atoms with Gasteiger partial charge in [0.05, 0.1) is 11.1 Å². The number of primary amides is 1. The second-order valence-corrected chi connectivity index (χ2v) is 3.95. The minimum atomic E-state index is -0.941. The molecule has 5 heteroatoms. The Balaban J connectivity index is 3.10. The number of benzene rings is 1. The Morgan fingerprint density at radius 1 is 1.56 bits per heavy atom. The van der Waals surface area contributed by atoms with Gasteiger partial charge in [-0.15, -0.1) is 0 Å². The van der Waals surface area contributed by atoms with Crippen LogP contribution in [-0.4, -0.2) is 17.3 Å². The third-order valence-electron chi connectivity index (χ3n) is 2.21. The number of carbonyl (C=O) groups excluding carboxylic acids is 1. The van der Waals surface area contributed by atoms with E-state index < -0.39 is 18.3 Å². The molecule has 2 atom stereocenters. The molecule has 0 aliphatic heterocycles. The summed E-state index contributed by atoms with van der Waals surface area (Å²) in [6.45, 7) is 3.33. The molecule has 88 valence electrons. The zero-order valence-corrected chi connectivity index (χ0v) is 9.86. The predicted octanol–water partition coefficient (Wildman–Crippen LogP) is 2.17. The first-order valence-corrected chi connectivity index (χ1v) is 5.20. The highest BCUT2D eigenvalue weighted by Gasteiger charge is 2.23. The summed E-state index contributed by atoms with van der Waals surface area (Å²) < 4.78 is 4.84. The molecule has 0 fully saturated rings. The lowest BCUT2D eigenvalue weighted by Crippen LogP contribution is -2.25. The van der Waals surface area contributed by atoms with Crippen LogP contribution in [0.4, 0.5) is 4.79 Å². The lowest BCUT2D eigenvalue weighted by molar-refractivity contribution is 0.0148. The zero-order valence-electron chi connectivity index (χ0n) is 9.11. The van der Waals surface area contributed by atoms with Crippen LogP contribution in [0.5, 0.6) is 0 Å². The molecule has 1 rings (SSSR count). The Kier molecular flexibility index (Phi) is 4.15. The van der Waals surface area contributed by atoms with Crippen molar-refractivity contribution in [1.82, 2.24) is 0 Å². The smallest absolute Gasteiger partial charge is 0.405 e. The first kappa shape index (κ1) is 12.8. The van der Waals surface area contributed by atoms with E-state index in [1.807, 2.05) is 13.0 Å². The standard InChI is InChI=1S/C11H14ClNO3/c1-6-4-3-5-8(9(6)12)10(7(2)14)16-11(13)15/h3-5,7,10,14H,1-2H3,(H2,13,15)/t7-,10+/m1/s1. The molecule has 1 aromatic carbocycles. The number of aliphatic hydroxyl groups is 1. The van der Waals surface area contributed by atoms with E-state index in [0.717, 1.165) is 5.56 Å². The molecule has 0 aliphatic rings. The minimum Gasteiger partial charge on any atom is -0.439 e. The van der Waals surface area contributed by atoms with Crippen LogP contribution in [0, 0.1) is 6.92 Å². The van der Waals surface area contributed by atoms with Crippen molar-refractivity contribution < 1.29 is 14.6 Å². The van der Waals surface area contributed by atoms with Crippen molar-refractivity contribution in [1.29, 1.82) is 0 Å². The maximum absolute atomic E-state index is 10.7. The summed E-state index contributed by atoms with van der Waals surface area (Å²) in [6, 6.07) is 5.29. The fraction of sp³-hybridized carbons (Fsp3) is 0.364. The van der Waals surface area contributed by atoms with Crippen LogP contribution in [0.25, 0.3) is 0 Å². The van der Waals surface area contributed by atoms with Gasteiger partial charge in [-0.2, -0.15) is 0 Å². The van der Waals surface area contributed by atoms with Gasteiger partial charge < -0.3 is 15.6 Å². The number of aryl methyl sites for hydroxylation is 1. The molecule has 0 unspecified atom stereocenters. The van der Waals surface area contributed by atoms with Crippen LogP contribution in [0.2, 0.25) is 5.02 Å². The number of hydrogen-bond donors (Lipinski definition) is 2. The van der Waals surface area contributed by atoms with Gasteiger partial charge in [0.1, 0.15) is 0 Å². The van der Waals surface area contributed by atoms with E-state index in [1.54, 1.807) is 12.1 Å². The van der Waals surface area contributed by atoms with Gasteiger partial charge >= 0.3 is 6.09 Å². The monoisotopic (exact) mass is 243 g/mol. The van der Waals surface area contributed by atoms with Crippen LogP contribution >= 0.6 is 11.6 Å². The number of aliphatic hydroxyl groups excluding tert-OH is 1. The van der Waals surface area contributed by atoms with Crippen LogP contribution < -0.4 is 5.73 Å². The molecule has 1 amide bonds. The van der Waals surface area contributed by atoms with E-state index in [2.05, 4.69) is 0 Å². The van der Waals surface area contributed by atoms with Gasteiger partial charge in [0, 0.05) is 5.56 Å². The van der Waals surface area contributed by atoms with Crippen molar-refractivity contribution in [2.75, 3.05) is 0 Å². The lowest BCUT2D eigenvalue weighted by atomic mass is 10.0. The predicted molar refractivity (Wildman–Crippen MR) is 61.3 cm³/mol. The lowest BCUT2D eigenvalue weighted by Gasteiger charge is -2.21. The van der Waals surface area contributed by atoms with Crippen LogP contribution in [0.15, 0.2) is 18.2 Å². The number of amides is 1. The van der Waals surface area contributed by atoms with Crippen molar-refractivity contribution in [3.05, 3.63) is 34.3 Å². The molecule has 0 heterocycles. The highest BCUT2D eigenvalue weighted by Crippen LogP contribution is 2.30. The fourth-order valence-corrected chi connectivity index (χ4v) is 1.67. The van der Waals surface area contributed by atoms with Gasteiger partial charge in [-0.05, 0) is 19.4 Å². The topological polar surface area (TPSA) is 72.5 Å². The summed E-state index contributed by atoms with van der Waals surface area (Å²) in [5.74, 6) is 0. The van der Waals surface area contributed by atoms with Gasteiger partial charge in [-0.3, -0.25) is 0 Å². The van der Waals surface area contributed by atoms with E-state index in [1.165, 1.54) is 6.92 Å². The summed E-state index contributed by atoms with van der Waals surface area (Å²) in [5.41, 5.74) is 6.34. The maximum Gasteiger partial charge on any atom is 0.405 e. The molecule has 0 saturated carbocycles. The Morgan fingerprint density at radius 3 is 2.69 bits per heavy atom. The Morgan fingerprint density at radius 2 is 2.19 bits per heavy atom. The van der Waals surface area contributed by atoms with E-state index in [9.17, 15) is 9.90 Å². The molecule has 16 heavy (non-hydrogen) atoms. The summed E-state index contributed by atoms with van der Waals surface area (Å²) in [4.78, 5) is 10.7. The third kappa shape index (κ3) is 2.87. The fourth-order valence-electron chi connectivity index (χ4n) is 1.44. The summed E-state index contributed by atoms with van der Waals surface area (Å²) in [6.07, 6.45) is -2.67. The molecular weight excluding hydrogens is 230 g/mol. The number of ether oxygens (including phenoxy) is 1. The average molecular weight is 244 g/mol. The van der Waals surface area contributed by atoms with Crippen LogP contribution in [-0.2, 0) is 4.74 Å².